The monoisotopic (exact) mass is 237 g/mol. The van der Waals surface area contributed by atoms with Crippen LogP contribution in [0.15, 0.2) is 42.0 Å². The van der Waals surface area contributed by atoms with E-state index in [2.05, 4.69) is 22.4 Å². The van der Waals surface area contributed by atoms with Gasteiger partial charge in [0.15, 0.2) is 5.11 Å². The first kappa shape index (κ1) is 12.3. The van der Waals surface area contributed by atoms with Gasteiger partial charge in [0.05, 0.1) is 6.21 Å². The van der Waals surface area contributed by atoms with Gasteiger partial charge >= 0.3 is 0 Å². The van der Waals surface area contributed by atoms with E-state index in [-0.39, 0.29) is 5.82 Å². The Morgan fingerprint density at radius 1 is 1.44 bits per heavy atom. The number of hydrazone groups is 1. The van der Waals surface area contributed by atoms with Crippen molar-refractivity contribution in [1.82, 2.24) is 10.7 Å². The van der Waals surface area contributed by atoms with Gasteiger partial charge in [-0.2, -0.15) is 5.10 Å². The molecule has 0 aliphatic rings. The van der Waals surface area contributed by atoms with Crippen molar-refractivity contribution in [3.63, 3.8) is 0 Å². The molecule has 0 radical (unpaired) electrons. The molecule has 5 heteroatoms. The number of hydrogen-bond donors (Lipinski definition) is 2. The Balaban J connectivity index is 2.39. The summed E-state index contributed by atoms with van der Waals surface area (Å²) in [5.74, 6) is -0.270. The van der Waals surface area contributed by atoms with Crippen LogP contribution in [0, 0.1) is 5.82 Å². The van der Waals surface area contributed by atoms with Gasteiger partial charge < -0.3 is 5.32 Å². The first-order valence-corrected chi connectivity index (χ1v) is 5.06. The van der Waals surface area contributed by atoms with Gasteiger partial charge in [0.1, 0.15) is 5.82 Å². The summed E-state index contributed by atoms with van der Waals surface area (Å²) in [6, 6.07) is 5.99. The summed E-state index contributed by atoms with van der Waals surface area (Å²) in [7, 11) is 0. The van der Waals surface area contributed by atoms with Gasteiger partial charge in [-0.15, -0.1) is 6.58 Å². The lowest BCUT2D eigenvalue weighted by Crippen LogP contribution is -2.31. The van der Waals surface area contributed by atoms with Gasteiger partial charge in [-0.1, -0.05) is 18.2 Å². The van der Waals surface area contributed by atoms with Crippen molar-refractivity contribution in [3.05, 3.63) is 48.3 Å². The van der Waals surface area contributed by atoms with E-state index < -0.39 is 0 Å². The number of hydrogen-bond acceptors (Lipinski definition) is 2. The van der Waals surface area contributed by atoms with Crippen LogP contribution in [0.25, 0.3) is 0 Å². The maximum absolute atomic E-state index is 12.6. The molecule has 0 unspecified atom stereocenters. The van der Waals surface area contributed by atoms with Gasteiger partial charge in [-0.25, -0.2) is 4.39 Å². The maximum Gasteiger partial charge on any atom is 0.187 e. The molecule has 3 nitrogen and oxygen atoms in total. The van der Waals surface area contributed by atoms with Crippen LogP contribution in [0.2, 0.25) is 0 Å². The molecule has 0 saturated carbocycles. The number of halogens is 1. The number of nitrogens with zero attached hydrogens (tertiary/aromatic N) is 1. The van der Waals surface area contributed by atoms with Crippen LogP contribution in [-0.4, -0.2) is 17.9 Å². The largest absolute Gasteiger partial charge is 0.358 e. The minimum absolute atomic E-state index is 0.270. The van der Waals surface area contributed by atoms with Gasteiger partial charge in [0.2, 0.25) is 0 Å². The normalized spacial score (nSPS) is 10.1. The molecule has 1 aromatic rings. The molecule has 1 rings (SSSR count). The average molecular weight is 237 g/mol. The average Bonchev–Trinajstić information content (AvgIpc) is 2.29. The van der Waals surface area contributed by atoms with E-state index in [4.69, 9.17) is 12.2 Å². The van der Waals surface area contributed by atoms with Gasteiger partial charge in [0, 0.05) is 6.54 Å². The molecular weight excluding hydrogens is 225 g/mol. The van der Waals surface area contributed by atoms with Gasteiger partial charge in [-0.3, -0.25) is 5.43 Å². The standard InChI is InChI=1S/C11H12FN3S/c1-2-7-13-11(16)15-14-8-9-3-5-10(12)6-4-9/h2-6,8H,1,7H2,(H2,13,15,16). The fourth-order valence-electron chi connectivity index (χ4n) is 0.919. The highest BCUT2D eigenvalue weighted by Crippen LogP contribution is 1.99. The molecule has 0 spiro atoms. The van der Waals surface area contributed by atoms with Crippen molar-refractivity contribution in [2.45, 2.75) is 0 Å². The van der Waals surface area contributed by atoms with Gasteiger partial charge in [-0.05, 0) is 29.9 Å². The number of benzene rings is 1. The molecule has 0 fully saturated rings. The highest BCUT2D eigenvalue weighted by atomic mass is 32.1. The number of rotatable bonds is 4. The minimum Gasteiger partial charge on any atom is -0.358 e. The second-order valence-corrected chi connectivity index (χ2v) is 3.33. The van der Waals surface area contributed by atoms with E-state index in [0.717, 1.165) is 5.56 Å². The van der Waals surface area contributed by atoms with E-state index in [1.54, 1.807) is 24.4 Å². The molecule has 0 aliphatic carbocycles. The van der Waals surface area contributed by atoms with E-state index in [1.807, 2.05) is 0 Å². The zero-order valence-electron chi connectivity index (χ0n) is 8.61. The Morgan fingerprint density at radius 3 is 2.75 bits per heavy atom. The summed E-state index contributed by atoms with van der Waals surface area (Å²) in [6.45, 7) is 4.13. The van der Waals surface area contributed by atoms with Crippen molar-refractivity contribution < 1.29 is 4.39 Å². The minimum atomic E-state index is -0.270. The SMILES string of the molecule is C=CCNC(=S)NN=Cc1ccc(F)cc1. The first-order chi connectivity index (χ1) is 7.72. The molecule has 0 atom stereocenters. The fourth-order valence-corrected chi connectivity index (χ4v) is 1.05. The second kappa shape index (κ2) is 6.68. The number of thiocarbonyl (C=S) groups is 1. The third-order valence-corrected chi connectivity index (χ3v) is 1.89. The summed E-state index contributed by atoms with van der Waals surface area (Å²) in [5, 5.41) is 7.16. The highest BCUT2D eigenvalue weighted by Gasteiger charge is 1.90. The van der Waals surface area contributed by atoms with Crippen molar-refractivity contribution in [3.8, 4) is 0 Å². The van der Waals surface area contributed by atoms with E-state index >= 15 is 0 Å². The van der Waals surface area contributed by atoms with Crippen LogP contribution < -0.4 is 10.7 Å². The van der Waals surface area contributed by atoms with Crippen molar-refractivity contribution in [2.75, 3.05) is 6.54 Å². The Bertz CT molecular complexity index is 387. The Hall–Kier alpha value is -1.75. The lowest BCUT2D eigenvalue weighted by molar-refractivity contribution is 0.628. The number of nitrogens with one attached hydrogen (secondary N) is 2. The third kappa shape index (κ3) is 4.65. The Labute approximate surface area is 99.1 Å². The first-order valence-electron chi connectivity index (χ1n) is 4.66. The summed E-state index contributed by atoms with van der Waals surface area (Å²) >= 11 is 4.91. The topological polar surface area (TPSA) is 36.4 Å². The summed E-state index contributed by atoms with van der Waals surface area (Å²) in [4.78, 5) is 0. The van der Waals surface area contributed by atoms with Gasteiger partial charge in [0.25, 0.3) is 0 Å². The zero-order valence-corrected chi connectivity index (χ0v) is 9.43. The molecule has 0 aliphatic heterocycles. The van der Waals surface area contributed by atoms with Crippen LogP contribution >= 0.6 is 12.2 Å². The van der Waals surface area contributed by atoms with Crippen LogP contribution in [0.1, 0.15) is 5.56 Å². The maximum atomic E-state index is 12.6. The predicted octanol–water partition coefficient (Wildman–Crippen LogP) is 1.81. The van der Waals surface area contributed by atoms with Crippen molar-refractivity contribution in [1.29, 1.82) is 0 Å². The van der Waals surface area contributed by atoms with E-state index in [0.29, 0.717) is 11.7 Å². The van der Waals surface area contributed by atoms with Crippen LogP contribution in [-0.2, 0) is 0 Å². The molecule has 1 aromatic carbocycles. The van der Waals surface area contributed by atoms with Crippen molar-refractivity contribution >= 4 is 23.5 Å². The zero-order chi connectivity index (χ0) is 11.8. The fraction of sp³-hybridized carbons (Fsp3) is 0.0909. The molecule has 2 N–H and O–H groups in total. The molecule has 84 valence electrons. The molecule has 0 bridgehead atoms. The lowest BCUT2D eigenvalue weighted by atomic mass is 10.2. The van der Waals surface area contributed by atoms with E-state index in [1.165, 1.54) is 12.1 Å². The van der Waals surface area contributed by atoms with Crippen LogP contribution in [0.3, 0.4) is 0 Å². The lowest BCUT2D eigenvalue weighted by Gasteiger charge is -2.02. The molecule has 0 heterocycles. The van der Waals surface area contributed by atoms with Crippen molar-refractivity contribution in [2.24, 2.45) is 5.10 Å². The summed E-state index contributed by atoms with van der Waals surface area (Å²) in [6.07, 6.45) is 3.25. The highest BCUT2D eigenvalue weighted by molar-refractivity contribution is 7.80. The molecule has 0 saturated heterocycles. The molecule has 0 aromatic heterocycles. The molecule has 0 amide bonds. The Kier molecular flexibility index (Phi) is 5.15. The molecular formula is C11H12FN3S. The molecule has 16 heavy (non-hydrogen) atoms. The second-order valence-electron chi connectivity index (χ2n) is 2.92. The Morgan fingerprint density at radius 2 is 2.12 bits per heavy atom. The predicted molar refractivity (Wildman–Crippen MR) is 67.9 cm³/mol. The quantitative estimate of drug-likeness (QED) is 0.363. The van der Waals surface area contributed by atoms with Crippen LogP contribution in [0.4, 0.5) is 4.39 Å². The summed E-state index contributed by atoms with van der Waals surface area (Å²) < 4.78 is 12.6. The summed E-state index contributed by atoms with van der Waals surface area (Å²) in [5.41, 5.74) is 3.42. The van der Waals surface area contributed by atoms with Crippen LogP contribution in [0.5, 0.6) is 0 Å². The third-order valence-electron chi connectivity index (χ3n) is 1.66. The van der Waals surface area contributed by atoms with E-state index in [9.17, 15) is 4.39 Å². The smallest absolute Gasteiger partial charge is 0.187 e.